The molecule has 2 rings (SSSR count). The Morgan fingerprint density at radius 2 is 2.24 bits per heavy atom. The van der Waals surface area contributed by atoms with Crippen molar-refractivity contribution in [3.8, 4) is 0 Å². The highest BCUT2D eigenvalue weighted by atomic mass is 79.9. The number of hydrogen-bond donors (Lipinski definition) is 0. The fraction of sp³-hybridized carbons (Fsp3) is 0.500. The van der Waals surface area contributed by atoms with Crippen LogP contribution in [0.1, 0.15) is 18.4 Å². The second kappa shape index (κ2) is 5.08. The highest BCUT2D eigenvalue weighted by Crippen LogP contribution is 2.27. The quantitative estimate of drug-likeness (QED) is 0.803. The van der Waals surface area contributed by atoms with Crippen molar-refractivity contribution in [3.05, 3.63) is 29.8 Å². The van der Waals surface area contributed by atoms with Gasteiger partial charge in [0, 0.05) is 17.9 Å². The maximum absolute atomic E-state index is 12.5. The first-order valence-electron chi connectivity index (χ1n) is 5.70. The summed E-state index contributed by atoms with van der Waals surface area (Å²) >= 11 is 3.39. The van der Waals surface area contributed by atoms with Gasteiger partial charge >= 0.3 is 0 Å². The Labute approximate surface area is 111 Å². The number of rotatable bonds is 3. The number of benzene rings is 1. The first kappa shape index (κ1) is 13.1. The number of sulfonamides is 1. The first-order chi connectivity index (χ1) is 8.05. The van der Waals surface area contributed by atoms with Gasteiger partial charge in [0.1, 0.15) is 0 Å². The van der Waals surface area contributed by atoms with Crippen LogP contribution in [0.5, 0.6) is 0 Å². The molecular formula is C12H16BrNO2S. The summed E-state index contributed by atoms with van der Waals surface area (Å²) < 4.78 is 26.5. The predicted molar refractivity (Wildman–Crippen MR) is 71.9 cm³/mol. The normalized spacial score (nSPS) is 21.9. The van der Waals surface area contributed by atoms with E-state index >= 15 is 0 Å². The maximum atomic E-state index is 12.5. The minimum absolute atomic E-state index is 0.0977. The fourth-order valence-electron chi connectivity index (χ4n) is 2.19. The smallest absolute Gasteiger partial charge is 0.207 e. The van der Waals surface area contributed by atoms with E-state index < -0.39 is 10.0 Å². The van der Waals surface area contributed by atoms with Crippen molar-refractivity contribution in [3.63, 3.8) is 0 Å². The minimum Gasteiger partial charge on any atom is -0.207 e. The van der Waals surface area contributed by atoms with E-state index in [2.05, 4.69) is 15.9 Å². The number of nitrogens with zero attached hydrogens (tertiary/aromatic N) is 1. The molecule has 1 saturated heterocycles. The van der Waals surface area contributed by atoms with Crippen LogP contribution < -0.4 is 0 Å². The molecule has 1 aromatic rings. The van der Waals surface area contributed by atoms with Crippen molar-refractivity contribution >= 4 is 26.0 Å². The maximum Gasteiger partial charge on any atom is 0.243 e. The number of hydrogen-bond acceptors (Lipinski definition) is 2. The van der Waals surface area contributed by atoms with Crippen LogP contribution in [-0.2, 0) is 10.0 Å². The van der Waals surface area contributed by atoms with Crippen molar-refractivity contribution in [1.29, 1.82) is 0 Å². The van der Waals surface area contributed by atoms with Gasteiger partial charge in [0.05, 0.1) is 4.90 Å². The van der Waals surface area contributed by atoms with Gasteiger partial charge in [0.25, 0.3) is 0 Å². The number of aryl methyl sites for hydroxylation is 1. The average Bonchev–Trinajstić information content (AvgIpc) is 2.77. The molecule has 0 aliphatic carbocycles. The SMILES string of the molecule is Cc1cccc(S(=O)(=O)N2CCC[C@H]2CBr)c1. The van der Waals surface area contributed by atoms with Crippen molar-refractivity contribution in [2.24, 2.45) is 0 Å². The molecule has 1 fully saturated rings. The van der Waals surface area contributed by atoms with Gasteiger partial charge in [-0.2, -0.15) is 4.31 Å². The predicted octanol–water partition coefficient (Wildman–Crippen LogP) is 2.54. The summed E-state index contributed by atoms with van der Waals surface area (Å²) in [5.74, 6) is 0. The van der Waals surface area contributed by atoms with Gasteiger partial charge < -0.3 is 0 Å². The molecular weight excluding hydrogens is 302 g/mol. The van der Waals surface area contributed by atoms with E-state index in [4.69, 9.17) is 0 Å². The molecule has 1 atom stereocenters. The van der Waals surface area contributed by atoms with Gasteiger partial charge in [-0.1, -0.05) is 28.1 Å². The lowest BCUT2D eigenvalue weighted by Gasteiger charge is -2.22. The van der Waals surface area contributed by atoms with Crippen LogP contribution in [0, 0.1) is 6.92 Å². The standard InChI is InChI=1S/C12H16BrNO2S/c1-10-4-2-6-12(8-10)17(15,16)14-7-3-5-11(14)9-13/h2,4,6,8,11H,3,5,7,9H2,1H3/t11-/m0/s1. The van der Waals surface area contributed by atoms with E-state index in [0.29, 0.717) is 16.8 Å². The van der Waals surface area contributed by atoms with Gasteiger partial charge in [-0.15, -0.1) is 0 Å². The lowest BCUT2D eigenvalue weighted by Crippen LogP contribution is -2.36. The molecule has 5 heteroatoms. The molecule has 0 amide bonds. The van der Waals surface area contributed by atoms with Crippen LogP contribution in [0.15, 0.2) is 29.2 Å². The Hall–Kier alpha value is -0.390. The molecule has 0 radical (unpaired) electrons. The van der Waals surface area contributed by atoms with E-state index in [9.17, 15) is 8.42 Å². The van der Waals surface area contributed by atoms with Crippen molar-refractivity contribution in [1.82, 2.24) is 4.31 Å². The fourth-order valence-corrected chi connectivity index (χ4v) is 4.85. The van der Waals surface area contributed by atoms with Gasteiger partial charge in [0.15, 0.2) is 0 Å². The minimum atomic E-state index is -3.32. The molecule has 17 heavy (non-hydrogen) atoms. The summed E-state index contributed by atoms with van der Waals surface area (Å²) in [5, 5.41) is 0.706. The van der Waals surface area contributed by atoms with E-state index in [1.807, 2.05) is 13.0 Å². The third kappa shape index (κ3) is 2.56. The van der Waals surface area contributed by atoms with Crippen molar-refractivity contribution < 1.29 is 8.42 Å². The molecule has 0 N–H and O–H groups in total. The zero-order valence-corrected chi connectivity index (χ0v) is 12.2. The largest absolute Gasteiger partial charge is 0.243 e. The third-order valence-electron chi connectivity index (χ3n) is 3.10. The van der Waals surface area contributed by atoms with Crippen molar-refractivity contribution in [2.75, 3.05) is 11.9 Å². The molecule has 1 heterocycles. The van der Waals surface area contributed by atoms with Gasteiger partial charge in [-0.05, 0) is 37.5 Å². The molecule has 0 aromatic heterocycles. The summed E-state index contributed by atoms with van der Waals surface area (Å²) in [6.45, 7) is 2.54. The van der Waals surface area contributed by atoms with Crippen LogP contribution in [0.25, 0.3) is 0 Å². The summed E-state index contributed by atoms with van der Waals surface area (Å²) in [6, 6.07) is 7.21. The molecule has 1 aliphatic rings. The van der Waals surface area contributed by atoms with Crippen LogP contribution in [-0.4, -0.2) is 30.6 Å². The lowest BCUT2D eigenvalue weighted by atomic mass is 10.2. The third-order valence-corrected chi connectivity index (χ3v) is 5.79. The summed E-state index contributed by atoms with van der Waals surface area (Å²) in [5.41, 5.74) is 0.973. The van der Waals surface area contributed by atoms with Gasteiger partial charge in [0.2, 0.25) is 10.0 Å². The molecule has 1 aliphatic heterocycles. The van der Waals surface area contributed by atoms with Gasteiger partial charge in [-0.25, -0.2) is 8.42 Å². The zero-order chi connectivity index (χ0) is 12.5. The van der Waals surface area contributed by atoms with E-state index in [0.717, 1.165) is 18.4 Å². The van der Waals surface area contributed by atoms with Crippen LogP contribution in [0.4, 0.5) is 0 Å². The Bertz CT molecular complexity index is 501. The number of halogens is 1. The average molecular weight is 318 g/mol. The Kier molecular flexibility index (Phi) is 3.90. The zero-order valence-electron chi connectivity index (χ0n) is 9.77. The summed E-state index contributed by atoms with van der Waals surface area (Å²) in [7, 11) is -3.32. The monoisotopic (exact) mass is 317 g/mol. The van der Waals surface area contributed by atoms with Crippen LogP contribution in [0.3, 0.4) is 0 Å². The Balaban J connectivity index is 2.36. The first-order valence-corrected chi connectivity index (χ1v) is 8.26. The van der Waals surface area contributed by atoms with Gasteiger partial charge in [-0.3, -0.25) is 0 Å². The van der Waals surface area contributed by atoms with Crippen LogP contribution >= 0.6 is 15.9 Å². The van der Waals surface area contributed by atoms with E-state index in [-0.39, 0.29) is 6.04 Å². The van der Waals surface area contributed by atoms with E-state index in [1.165, 1.54) is 0 Å². The molecule has 0 unspecified atom stereocenters. The Morgan fingerprint density at radius 1 is 1.47 bits per heavy atom. The Morgan fingerprint density at radius 3 is 2.88 bits per heavy atom. The molecule has 1 aromatic carbocycles. The second-order valence-corrected chi connectivity index (χ2v) is 6.92. The number of alkyl halides is 1. The molecule has 94 valence electrons. The highest BCUT2D eigenvalue weighted by Gasteiger charge is 2.34. The van der Waals surface area contributed by atoms with E-state index in [1.54, 1.807) is 22.5 Å². The summed E-state index contributed by atoms with van der Waals surface area (Å²) in [4.78, 5) is 0.408. The molecule has 3 nitrogen and oxygen atoms in total. The topological polar surface area (TPSA) is 37.4 Å². The summed E-state index contributed by atoms with van der Waals surface area (Å²) in [6.07, 6.45) is 1.89. The molecule has 0 spiro atoms. The molecule has 0 saturated carbocycles. The second-order valence-electron chi connectivity index (χ2n) is 4.38. The van der Waals surface area contributed by atoms with Crippen LogP contribution in [0.2, 0.25) is 0 Å². The lowest BCUT2D eigenvalue weighted by molar-refractivity contribution is 0.413. The molecule has 0 bridgehead atoms. The van der Waals surface area contributed by atoms with Crippen molar-refractivity contribution in [2.45, 2.75) is 30.7 Å². The highest BCUT2D eigenvalue weighted by molar-refractivity contribution is 9.09.